The second kappa shape index (κ2) is 5.65. The molecule has 1 amide bonds. The van der Waals surface area contributed by atoms with Crippen molar-refractivity contribution in [2.75, 3.05) is 11.4 Å². The van der Waals surface area contributed by atoms with E-state index in [0.29, 0.717) is 5.69 Å². The Morgan fingerprint density at radius 3 is 2.38 bits per heavy atom. The van der Waals surface area contributed by atoms with Gasteiger partial charge in [0.15, 0.2) is 0 Å². The first-order valence-electron chi connectivity index (χ1n) is 4.74. The van der Waals surface area contributed by atoms with Gasteiger partial charge in [0.05, 0.1) is 4.83 Å². The standard InChI is InChI=1S/C11H12BrNO3/c1-8(12)11(16)13(7-10(14)15)9-5-3-2-4-6-9/h2-6,8H,7H2,1H3,(H,14,15). The Morgan fingerprint density at radius 2 is 1.94 bits per heavy atom. The van der Waals surface area contributed by atoms with E-state index >= 15 is 0 Å². The molecule has 0 fully saturated rings. The third-order valence-electron chi connectivity index (χ3n) is 1.97. The van der Waals surface area contributed by atoms with Crippen LogP contribution in [0, 0.1) is 0 Å². The summed E-state index contributed by atoms with van der Waals surface area (Å²) < 4.78 is 0. The molecule has 0 saturated carbocycles. The van der Waals surface area contributed by atoms with E-state index < -0.39 is 10.8 Å². The molecule has 1 atom stereocenters. The van der Waals surface area contributed by atoms with Crippen LogP contribution in [0.4, 0.5) is 5.69 Å². The maximum absolute atomic E-state index is 11.8. The number of carbonyl (C=O) groups is 2. The molecule has 1 rings (SSSR count). The van der Waals surface area contributed by atoms with Crippen molar-refractivity contribution < 1.29 is 14.7 Å². The maximum Gasteiger partial charge on any atom is 0.323 e. The smallest absolute Gasteiger partial charge is 0.323 e. The van der Waals surface area contributed by atoms with E-state index in [0.717, 1.165) is 0 Å². The SMILES string of the molecule is CC(Br)C(=O)N(CC(=O)O)c1ccccc1. The Bertz CT molecular complexity index is 378. The summed E-state index contributed by atoms with van der Waals surface area (Å²) in [5, 5.41) is 8.77. The molecule has 0 saturated heterocycles. The van der Waals surface area contributed by atoms with E-state index in [4.69, 9.17) is 5.11 Å². The van der Waals surface area contributed by atoms with Crippen LogP contribution in [0.1, 0.15) is 6.92 Å². The van der Waals surface area contributed by atoms with Gasteiger partial charge in [0.25, 0.3) is 0 Å². The number of nitrogens with zero attached hydrogens (tertiary/aromatic N) is 1. The van der Waals surface area contributed by atoms with Crippen molar-refractivity contribution in [3.05, 3.63) is 30.3 Å². The lowest BCUT2D eigenvalue weighted by molar-refractivity contribution is -0.136. The molecule has 1 aromatic carbocycles. The van der Waals surface area contributed by atoms with Crippen LogP contribution < -0.4 is 4.90 Å². The fourth-order valence-electron chi connectivity index (χ4n) is 1.25. The summed E-state index contributed by atoms with van der Waals surface area (Å²) in [6.45, 7) is 1.33. The van der Waals surface area contributed by atoms with Crippen LogP contribution >= 0.6 is 15.9 Å². The maximum atomic E-state index is 11.8. The number of alkyl halides is 1. The van der Waals surface area contributed by atoms with E-state index in [1.807, 2.05) is 6.07 Å². The van der Waals surface area contributed by atoms with Crippen molar-refractivity contribution >= 4 is 33.5 Å². The lowest BCUT2D eigenvalue weighted by atomic mass is 10.2. The van der Waals surface area contributed by atoms with Crippen LogP contribution in [0.3, 0.4) is 0 Å². The molecule has 0 aromatic heterocycles. The summed E-state index contributed by atoms with van der Waals surface area (Å²) in [5.41, 5.74) is 0.584. The first kappa shape index (κ1) is 12.7. The van der Waals surface area contributed by atoms with Gasteiger partial charge < -0.3 is 10.0 Å². The predicted octanol–water partition coefficient (Wildman–Crippen LogP) is 1.89. The van der Waals surface area contributed by atoms with Crippen molar-refractivity contribution in [3.8, 4) is 0 Å². The topological polar surface area (TPSA) is 57.6 Å². The number of aliphatic carboxylic acids is 1. The molecule has 0 heterocycles. The number of rotatable bonds is 4. The molecule has 0 aliphatic carbocycles. The summed E-state index contributed by atoms with van der Waals surface area (Å²) in [6, 6.07) is 8.74. The van der Waals surface area contributed by atoms with E-state index in [1.165, 1.54) is 4.90 Å². The van der Waals surface area contributed by atoms with Crippen LogP contribution in [0.5, 0.6) is 0 Å². The average molecular weight is 286 g/mol. The molecule has 0 aliphatic heterocycles. The molecule has 5 heteroatoms. The number of carboxylic acids is 1. The van der Waals surface area contributed by atoms with E-state index in [1.54, 1.807) is 31.2 Å². The normalized spacial score (nSPS) is 11.9. The number of hydrogen-bond acceptors (Lipinski definition) is 2. The first-order chi connectivity index (χ1) is 7.52. The molecule has 4 nitrogen and oxygen atoms in total. The van der Waals surface area contributed by atoms with Crippen LogP contribution in [-0.2, 0) is 9.59 Å². The van der Waals surface area contributed by atoms with E-state index in [-0.39, 0.29) is 12.5 Å². The molecule has 86 valence electrons. The van der Waals surface area contributed by atoms with Crippen molar-refractivity contribution in [1.29, 1.82) is 0 Å². The van der Waals surface area contributed by atoms with Crippen molar-refractivity contribution in [2.45, 2.75) is 11.8 Å². The van der Waals surface area contributed by atoms with Crippen LogP contribution in [0.2, 0.25) is 0 Å². The van der Waals surface area contributed by atoms with Gasteiger partial charge in [-0.2, -0.15) is 0 Å². The zero-order valence-electron chi connectivity index (χ0n) is 8.76. The fraction of sp³-hybridized carbons (Fsp3) is 0.273. The van der Waals surface area contributed by atoms with Gasteiger partial charge in [-0.05, 0) is 19.1 Å². The third-order valence-corrected chi connectivity index (χ3v) is 2.36. The number of carbonyl (C=O) groups excluding carboxylic acids is 1. The van der Waals surface area contributed by atoms with Gasteiger partial charge >= 0.3 is 5.97 Å². The van der Waals surface area contributed by atoms with Gasteiger partial charge in [0.1, 0.15) is 6.54 Å². The second-order valence-corrected chi connectivity index (χ2v) is 4.64. The highest BCUT2D eigenvalue weighted by Crippen LogP contribution is 2.16. The highest BCUT2D eigenvalue weighted by atomic mass is 79.9. The molecular weight excluding hydrogens is 274 g/mol. The minimum Gasteiger partial charge on any atom is -0.480 e. The van der Waals surface area contributed by atoms with Crippen LogP contribution in [0.15, 0.2) is 30.3 Å². The number of carboxylic acid groups (broad SMARTS) is 1. The van der Waals surface area contributed by atoms with Gasteiger partial charge in [0, 0.05) is 5.69 Å². The molecule has 0 bridgehead atoms. The number of amides is 1. The van der Waals surface area contributed by atoms with Gasteiger partial charge in [-0.1, -0.05) is 34.1 Å². The Kier molecular flexibility index (Phi) is 4.49. The molecule has 16 heavy (non-hydrogen) atoms. The highest BCUT2D eigenvalue weighted by molar-refractivity contribution is 9.10. The molecule has 0 spiro atoms. The summed E-state index contributed by atoms with van der Waals surface area (Å²) in [6.07, 6.45) is 0. The van der Waals surface area contributed by atoms with Gasteiger partial charge in [-0.25, -0.2) is 0 Å². The Balaban J connectivity index is 2.96. The number of para-hydroxylation sites is 1. The number of benzene rings is 1. The van der Waals surface area contributed by atoms with Crippen molar-refractivity contribution in [1.82, 2.24) is 0 Å². The summed E-state index contributed by atoms with van der Waals surface area (Å²) >= 11 is 3.14. The fourth-order valence-corrected chi connectivity index (χ4v) is 1.50. The lowest BCUT2D eigenvalue weighted by Gasteiger charge is -2.22. The second-order valence-electron chi connectivity index (χ2n) is 3.27. The molecule has 0 radical (unpaired) electrons. The molecule has 0 aliphatic rings. The quantitative estimate of drug-likeness (QED) is 0.860. The summed E-state index contributed by atoms with van der Waals surface area (Å²) in [7, 11) is 0. The van der Waals surface area contributed by atoms with E-state index in [9.17, 15) is 9.59 Å². The first-order valence-corrected chi connectivity index (χ1v) is 5.66. The third kappa shape index (κ3) is 3.34. The number of anilines is 1. The Labute approximate surface area is 102 Å². The molecular formula is C11H12BrNO3. The molecule has 1 N–H and O–H groups in total. The highest BCUT2D eigenvalue weighted by Gasteiger charge is 2.21. The average Bonchev–Trinajstić information content (AvgIpc) is 2.26. The van der Waals surface area contributed by atoms with Crippen molar-refractivity contribution in [3.63, 3.8) is 0 Å². The minimum absolute atomic E-state index is 0.270. The predicted molar refractivity (Wildman–Crippen MR) is 64.8 cm³/mol. The Morgan fingerprint density at radius 1 is 1.38 bits per heavy atom. The van der Waals surface area contributed by atoms with E-state index in [2.05, 4.69) is 15.9 Å². The molecule has 1 aromatic rings. The summed E-state index contributed by atoms with van der Waals surface area (Å²) in [4.78, 5) is 23.3. The van der Waals surface area contributed by atoms with Crippen LogP contribution in [-0.4, -0.2) is 28.4 Å². The molecule has 1 unspecified atom stereocenters. The van der Waals surface area contributed by atoms with Gasteiger partial charge in [-0.3, -0.25) is 9.59 Å². The number of halogens is 1. The minimum atomic E-state index is -1.04. The van der Waals surface area contributed by atoms with Gasteiger partial charge in [-0.15, -0.1) is 0 Å². The summed E-state index contributed by atoms with van der Waals surface area (Å²) in [5.74, 6) is -1.31. The zero-order chi connectivity index (χ0) is 12.1. The lowest BCUT2D eigenvalue weighted by Crippen LogP contribution is -2.39. The number of hydrogen-bond donors (Lipinski definition) is 1. The largest absolute Gasteiger partial charge is 0.480 e. The van der Waals surface area contributed by atoms with Crippen molar-refractivity contribution in [2.24, 2.45) is 0 Å². The van der Waals surface area contributed by atoms with Crippen LogP contribution in [0.25, 0.3) is 0 Å². The monoisotopic (exact) mass is 285 g/mol. The Hall–Kier alpha value is -1.36. The van der Waals surface area contributed by atoms with Gasteiger partial charge in [0.2, 0.25) is 5.91 Å². The zero-order valence-corrected chi connectivity index (χ0v) is 10.3.